The zero-order chi connectivity index (χ0) is 17.3. The van der Waals surface area contributed by atoms with Gasteiger partial charge in [0.25, 0.3) is 5.91 Å². The third kappa shape index (κ3) is 2.12. The normalized spacial score (nSPS) is 30.8. The van der Waals surface area contributed by atoms with Crippen molar-refractivity contribution >= 4 is 5.91 Å². The van der Waals surface area contributed by atoms with Gasteiger partial charge in [0.15, 0.2) is 0 Å². The Bertz CT molecular complexity index is 866. The lowest BCUT2D eigenvalue weighted by atomic mass is 9.80. The number of rotatable bonds is 4. The van der Waals surface area contributed by atoms with Crippen molar-refractivity contribution in [3.05, 3.63) is 29.3 Å². The number of amides is 1. The maximum Gasteiger partial charge on any atom is 0.259 e. The van der Waals surface area contributed by atoms with Crippen LogP contribution in [0.3, 0.4) is 0 Å². The van der Waals surface area contributed by atoms with Crippen LogP contribution in [0.5, 0.6) is 0 Å². The van der Waals surface area contributed by atoms with Gasteiger partial charge in [-0.25, -0.2) is 0 Å². The first-order valence-electron chi connectivity index (χ1n) is 9.82. The van der Waals surface area contributed by atoms with E-state index in [9.17, 15) is 4.79 Å². The van der Waals surface area contributed by atoms with Crippen LogP contribution in [0.4, 0.5) is 0 Å². The number of carbonyl (C=O) groups excluding carboxylic acids is 1. The molecule has 0 aromatic carbocycles. The van der Waals surface area contributed by atoms with Crippen LogP contribution in [0.2, 0.25) is 0 Å². The molecule has 4 fully saturated rings. The molecule has 0 unspecified atom stereocenters. The highest BCUT2D eigenvalue weighted by atomic mass is 16.5. The van der Waals surface area contributed by atoms with Crippen molar-refractivity contribution in [3.63, 3.8) is 0 Å². The lowest BCUT2D eigenvalue weighted by Gasteiger charge is -2.24. The van der Waals surface area contributed by atoms with Gasteiger partial charge in [-0.05, 0) is 44.4 Å². The van der Waals surface area contributed by atoms with Crippen LogP contribution >= 0.6 is 0 Å². The van der Waals surface area contributed by atoms with Crippen LogP contribution < -0.4 is 0 Å². The molecule has 0 radical (unpaired) electrons. The molecule has 7 nitrogen and oxygen atoms in total. The van der Waals surface area contributed by atoms with Crippen LogP contribution in [0.15, 0.2) is 15.2 Å². The van der Waals surface area contributed by atoms with Gasteiger partial charge in [0, 0.05) is 24.9 Å². The molecule has 1 saturated heterocycles. The minimum atomic E-state index is -0.160. The molecule has 26 heavy (non-hydrogen) atoms. The summed E-state index contributed by atoms with van der Waals surface area (Å²) in [6.45, 7) is 1.42. The van der Waals surface area contributed by atoms with Crippen molar-refractivity contribution in [2.24, 2.45) is 5.92 Å². The van der Waals surface area contributed by atoms with Crippen LogP contribution in [-0.4, -0.2) is 39.3 Å². The number of hydrogen-bond donors (Lipinski definition) is 0. The minimum absolute atomic E-state index is 0.0452. The molecule has 136 valence electrons. The molecular formula is C19H22N4O3. The summed E-state index contributed by atoms with van der Waals surface area (Å²) in [6.07, 6.45) is 9.33. The third-order valence-corrected chi connectivity index (χ3v) is 6.74. The second-order valence-corrected chi connectivity index (χ2v) is 8.54. The van der Waals surface area contributed by atoms with Crippen molar-refractivity contribution < 1.29 is 13.7 Å². The van der Waals surface area contributed by atoms with Crippen LogP contribution in [0.1, 0.15) is 84.6 Å². The molecule has 0 spiro atoms. The van der Waals surface area contributed by atoms with E-state index in [0.717, 1.165) is 69.0 Å². The molecule has 0 bridgehead atoms. The minimum Gasteiger partial charge on any atom is -0.424 e. The van der Waals surface area contributed by atoms with Gasteiger partial charge in [0.2, 0.25) is 11.8 Å². The number of nitrogens with zero attached hydrogens (tertiary/aromatic N) is 4. The quantitative estimate of drug-likeness (QED) is 0.839. The summed E-state index contributed by atoms with van der Waals surface area (Å²) in [5.74, 6) is 2.86. The Balaban J connectivity index is 1.30. The number of fused-ring (bicyclic) bond motifs is 1. The molecule has 2 aromatic heterocycles. The zero-order valence-electron chi connectivity index (χ0n) is 14.7. The summed E-state index contributed by atoms with van der Waals surface area (Å²) < 4.78 is 11.2. The summed E-state index contributed by atoms with van der Waals surface area (Å²) in [5, 5.41) is 12.8. The Morgan fingerprint density at radius 2 is 2.00 bits per heavy atom. The van der Waals surface area contributed by atoms with E-state index in [1.54, 1.807) is 0 Å². The average Bonchev–Trinajstić information content (AvgIpc) is 3.46. The van der Waals surface area contributed by atoms with E-state index >= 15 is 0 Å². The van der Waals surface area contributed by atoms with Crippen molar-refractivity contribution in [2.75, 3.05) is 13.1 Å². The van der Waals surface area contributed by atoms with E-state index in [1.165, 1.54) is 6.26 Å². The van der Waals surface area contributed by atoms with Gasteiger partial charge in [-0.15, -0.1) is 10.2 Å². The molecule has 1 amide bonds. The first-order chi connectivity index (χ1) is 12.7. The number of likely N-dealkylation sites (tertiary alicyclic amines) is 1. The maximum absolute atomic E-state index is 13.1. The van der Waals surface area contributed by atoms with Gasteiger partial charge >= 0.3 is 0 Å². The van der Waals surface area contributed by atoms with E-state index in [1.807, 2.05) is 4.90 Å². The van der Waals surface area contributed by atoms with E-state index < -0.39 is 0 Å². The zero-order valence-corrected chi connectivity index (χ0v) is 14.7. The molecule has 3 saturated carbocycles. The molecular weight excluding hydrogens is 332 g/mol. The first-order valence-corrected chi connectivity index (χ1v) is 9.82. The molecule has 7 heteroatoms. The summed E-state index contributed by atoms with van der Waals surface area (Å²) in [4.78, 5) is 15.1. The molecule has 2 atom stereocenters. The summed E-state index contributed by atoms with van der Waals surface area (Å²) in [7, 11) is 0. The Hall–Kier alpha value is -2.18. The lowest BCUT2D eigenvalue weighted by molar-refractivity contribution is 0.0774. The molecule has 6 rings (SSSR count). The molecule has 3 heterocycles. The van der Waals surface area contributed by atoms with Crippen molar-refractivity contribution in [1.82, 2.24) is 20.3 Å². The fourth-order valence-electron chi connectivity index (χ4n) is 4.95. The third-order valence-electron chi connectivity index (χ3n) is 6.74. The highest BCUT2D eigenvalue weighted by molar-refractivity contribution is 5.95. The predicted octanol–water partition coefficient (Wildman–Crippen LogP) is 3.01. The highest BCUT2D eigenvalue weighted by Gasteiger charge is 2.55. The monoisotopic (exact) mass is 354 g/mol. The Morgan fingerprint density at radius 3 is 2.81 bits per heavy atom. The smallest absolute Gasteiger partial charge is 0.259 e. The molecule has 1 aliphatic heterocycles. The van der Waals surface area contributed by atoms with Crippen LogP contribution in [0, 0.1) is 5.92 Å². The van der Waals surface area contributed by atoms with Crippen LogP contribution in [-0.2, 0) is 5.41 Å². The SMILES string of the molecule is O=C(c1conc1C1CC1)N1C[C@@H]2CCC[C@]2(c2nnc(C3CC3)o2)C1. The highest BCUT2D eigenvalue weighted by Crippen LogP contribution is 2.51. The van der Waals surface area contributed by atoms with Crippen LogP contribution in [0.25, 0.3) is 0 Å². The van der Waals surface area contributed by atoms with Gasteiger partial charge in [-0.2, -0.15) is 0 Å². The first kappa shape index (κ1) is 14.9. The Labute approximate surface area is 151 Å². The fourth-order valence-corrected chi connectivity index (χ4v) is 4.95. The van der Waals surface area contributed by atoms with Gasteiger partial charge < -0.3 is 13.8 Å². The second kappa shape index (κ2) is 5.18. The van der Waals surface area contributed by atoms with Crippen molar-refractivity contribution in [1.29, 1.82) is 0 Å². The van der Waals surface area contributed by atoms with E-state index in [2.05, 4.69) is 15.4 Å². The van der Waals surface area contributed by atoms with E-state index in [0.29, 0.717) is 29.9 Å². The Kier molecular flexibility index (Phi) is 2.97. The lowest BCUT2D eigenvalue weighted by Crippen LogP contribution is -2.35. The largest absolute Gasteiger partial charge is 0.424 e. The standard InChI is InChI=1S/C19H22N4O3/c24-17(14-9-25-22-15(14)11-3-4-11)23-8-13-2-1-7-19(13,10-23)18-21-20-16(26-18)12-5-6-12/h9,11-13H,1-8,10H2/t13-,19-/m0/s1. The number of hydrogen-bond acceptors (Lipinski definition) is 6. The molecule has 2 aromatic rings. The van der Waals surface area contributed by atoms with Crippen molar-refractivity contribution in [3.8, 4) is 0 Å². The van der Waals surface area contributed by atoms with E-state index in [4.69, 9.17) is 8.94 Å². The molecule has 0 N–H and O–H groups in total. The topological polar surface area (TPSA) is 85.3 Å². The van der Waals surface area contributed by atoms with Crippen molar-refractivity contribution in [2.45, 2.75) is 62.2 Å². The molecule has 3 aliphatic carbocycles. The maximum atomic E-state index is 13.1. The van der Waals surface area contributed by atoms with Gasteiger partial charge in [-0.1, -0.05) is 11.6 Å². The van der Waals surface area contributed by atoms with Gasteiger partial charge in [0.05, 0.1) is 11.1 Å². The fraction of sp³-hybridized carbons (Fsp3) is 0.684. The predicted molar refractivity (Wildman–Crippen MR) is 89.7 cm³/mol. The van der Waals surface area contributed by atoms with Gasteiger partial charge in [-0.3, -0.25) is 4.79 Å². The summed E-state index contributed by atoms with van der Waals surface area (Å²) in [6, 6.07) is 0. The van der Waals surface area contributed by atoms with Gasteiger partial charge in [0.1, 0.15) is 11.8 Å². The van der Waals surface area contributed by atoms with E-state index in [-0.39, 0.29) is 11.3 Å². The molecule has 4 aliphatic rings. The Morgan fingerprint density at radius 1 is 1.15 bits per heavy atom. The number of aromatic nitrogens is 3. The second-order valence-electron chi connectivity index (χ2n) is 8.54. The number of carbonyl (C=O) groups is 1. The summed E-state index contributed by atoms with van der Waals surface area (Å²) >= 11 is 0. The summed E-state index contributed by atoms with van der Waals surface area (Å²) in [5.41, 5.74) is 1.33. The average molecular weight is 354 g/mol.